The number of benzene rings is 1. The molecular weight excluding hydrogens is 390 g/mol. The third kappa shape index (κ3) is 5.56. The maximum Gasteiger partial charge on any atom is 0.0594 e. The Morgan fingerprint density at radius 3 is 2.25 bits per heavy atom. The van der Waals surface area contributed by atoms with Crippen molar-refractivity contribution in [2.75, 3.05) is 65.6 Å². The van der Waals surface area contributed by atoms with Crippen molar-refractivity contribution in [3.05, 3.63) is 46.3 Å². The molecule has 1 aromatic carbocycles. The fourth-order valence-electron chi connectivity index (χ4n) is 4.00. The van der Waals surface area contributed by atoms with E-state index in [2.05, 4.69) is 39.0 Å². The first kappa shape index (κ1) is 20.3. The van der Waals surface area contributed by atoms with Gasteiger partial charge in [-0.15, -0.1) is 11.3 Å². The van der Waals surface area contributed by atoms with Gasteiger partial charge in [-0.25, -0.2) is 0 Å². The van der Waals surface area contributed by atoms with Crippen molar-refractivity contribution in [2.24, 2.45) is 0 Å². The number of piperazine rings is 1. The van der Waals surface area contributed by atoms with Gasteiger partial charge in [-0.1, -0.05) is 29.8 Å². The maximum atomic E-state index is 6.35. The van der Waals surface area contributed by atoms with Crippen LogP contribution in [0.2, 0.25) is 5.02 Å². The van der Waals surface area contributed by atoms with Crippen molar-refractivity contribution in [1.29, 1.82) is 0 Å². The summed E-state index contributed by atoms with van der Waals surface area (Å²) in [6.07, 6.45) is 1.27. The summed E-state index contributed by atoms with van der Waals surface area (Å²) < 4.78 is 5.43. The Kier molecular flexibility index (Phi) is 7.40. The van der Waals surface area contributed by atoms with E-state index in [-0.39, 0.29) is 0 Å². The number of ether oxygens (including phenoxy) is 1. The minimum absolute atomic E-state index is 0.835. The molecule has 0 unspecified atom stereocenters. The van der Waals surface area contributed by atoms with Crippen LogP contribution in [-0.4, -0.2) is 80.3 Å². The average molecular weight is 420 g/mol. The van der Waals surface area contributed by atoms with Crippen LogP contribution < -0.4 is 0 Å². The molecule has 0 amide bonds. The van der Waals surface area contributed by atoms with Gasteiger partial charge in [-0.05, 0) is 37.7 Å². The van der Waals surface area contributed by atoms with Gasteiger partial charge in [-0.3, -0.25) is 9.80 Å². The lowest BCUT2D eigenvalue weighted by Crippen LogP contribution is -2.46. The second-order valence-corrected chi connectivity index (χ2v) is 9.25. The minimum atomic E-state index is 0.835. The zero-order chi connectivity index (χ0) is 19.2. The first-order valence-electron chi connectivity index (χ1n) is 10.4. The molecule has 2 aliphatic rings. The van der Waals surface area contributed by atoms with Gasteiger partial charge in [-0.2, -0.15) is 0 Å². The topological polar surface area (TPSA) is 19.0 Å². The smallest absolute Gasteiger partial charge is 0.0594 e. The van der Waals surface area contributed by atoms with E-state index in [1.54, 1.807) is 0 Å². The Labute approximate surface area is 177 Å². The lowest BCUT2D eigenvalue weighted by atomic mass is 10.2. The fourth-order valence-corrected chi connectivity index (χ4v) is 5.39. The normalized spacial score (nSPS) is 19.9. The molecule has 6 heteroatoms. The lowest BCUT2D eigenvalue weighted by Gasteiger charge is -2.35. The number of morpholine rings is 1. The van der Waals surface area contributed by atoms with Crippen molar-refractivity contribution in [3.63, 3.8) is 0 Å². The molecule has 1 aromatic heterocycles. The largest absolute Gasteiger partial charge is 0.379 e. The molecule has 2 saturated heterocycles. The van der Waals surface area contributed by atoms with Crippen molar-refractivity contribution in [2.45, 2.75) is 13.0 Å². The molecule has 4 rings (SSSR count). The molecule has 0 bridgehead atoms. The number of rotatable bonds is 7. The monoisotopic (exact) mass is 419 g/mol. The quantitative estimate of drug-likeness (QED) is 0.677. The van der Waals surface area contributed by atoms with E-state index in [9.17, 15) is 0 Å². The molecule has 0 atom stereocenters. The van der Waals surface area contributed by atoms with Crippen molar-refractivity contribution >= 4 is 22.9 Å². The van der Waals surface area contributed by atoms with Crippen LogP contribution in [-0.2, 0) is 11.3 Å². The van der Waals surface area contributed by atoms with Gasteiger partial charge in [0.25, 0.3) is 0 Å². The SMILES string of the molecule is Clc1ccccc1-c1ccc(CN2CCN(CCCN3CCOCC3)CC2)s1. The molecular formula is C22H30ClN3OS. The van der Waals surface area contributed by atoms with Crippen molar-refractivity contribution in [1.82, 2.24) is 14.7 Å². The highest BCUT2D eigenvalue weighted by Gasteiger charge is 2.18. The third-order valence-electron chi connectivity index (χ3n) is 5.70. The molecule has 4 nitrogen and oxygen atoms in total. The maximum absolute atomic E-state index is 6.35. The molecule has 0 N–H and O–H groups in total. The molecule has 28 heavy (non-hydrogen) atoms. The summed E-state index contributed by atoms with van der Waals surface area (Å²) in [7, 11) is 0. The van der Waals surface area contributed by atoms with Crippen LogP contribution in [0.1, 0.15) is 11.3 Å². The number of nitrogens with zero attached hydrogens (tertiary/aromatic N) is 3. The van der Waals surface area contributed by atoms with Crippen LogP contribution in [0.4, 0.5) is 0 Å². The predicted octanol–water partition coefficient (Wildman–Crippen LogP) is 3.91. The van der Waals surface area contributed by atoms with Gasteiger partial charge in [0.15, 0.2) is 0 Å². The summed E-state index contributed by atoms with van der Waals surface area (Å²) in [5.41, 5.74) is 1.14. The predicted molar refractivity (Wildman–Crippen MR) is 118 cm³/mol. The van der Waals surface area contributed by atoms with Gasteiger partial charge in [0.05, 0.1) is 13.2 Å². The lowest BCUT2D eigenvalue weighted by molar-refractivity contribution is 0.0350. The molecule has 0 aliphatic carbocycles. The summed E-state index contributed by atoms with van der Waals surface area (Å²) in [5.74, 6) is 0. The highest BCUT2D eigenvalue weighted by molar-refractivity contribution is 7.15. The fraction of sp³-hybridized carbons (Fsp3) is 0.545. The Balaban J connectivity index is 1.19. The van der Waals surface area contributed by atoms with Crippen LogP contribution in [0.3, 0.4) is 0 Å². The van der Waals surface area contributed by atoms with Gasteiger partial charge >= 0.3 is 0 Å². The highest BCUT2D eigenvalue weighted by Crippen LogP contribution is 2.33. The summed E-state index contributed by atoms with van der Waals surface area (Å²) in [4.78, 5) is 10.4. The van der Waals surface area contributed by atoms with Crippen LogP contribution in [0.25, 0.3) is 10.4 Å². The van der Waals surface area contributed by atoms with Crippen molar-refractivity contribution in [3.8, 4) is 10.4 Å². The van der Waals surface area contributed by atoms with E-state index in [1.807, 2.05) is 23.5 Å². The van der Waals surface area contributed by atoms with Crippen LogP contribution in [0, 0.1) is 0 Å². The third-order valence-corrected chi connectivity index (χ3v) is 7.13. The van der Waals surface area contributed by atoms with E-state index >= 15 is 0 Å². The van der Waals surface area contributed by atoms with Gasteiger partial charge in [0.2, 0.25) is 0 Å². The summed E-state index contributed by atoms with van der Waals surface area (Å²) >= 11 is 8.22. The second-order valence-electron chi connectivity index (χ2n) is 7.67. The molecule has 3 heterocycles. The molecule has 2 fully saturated rings. The summed E-state index contributed by atoms with van der Waals surface area (Å²) in [6.45, 7) is 12.2. The first-order chi connectivity index (χ1) is 13.8. The van der Waals surface area contributed by atoms with Gasteiger partial charge in [0, 0.05) is 66.2 Å². The van der Waals surface area contributed by atoms with Gasteiger partial charge in [0.1, 0.15) is 0 Å². The molecule has 0 radical (unpaired) electrons. The summed E-state index contributed by atoms with van der Waals surface area (Å²) in [6, 6.07) is 12.6. The molecule has 152 valence electrons. The number of hydrogen-bond donors (Lipinski definition) is 0. The standard InChI is InChI=1S/C22H30ClN3OS/c23-21-5-2-1-4-20(21)22-7-6-19(28-22)18-26-12-10-24(11-13-26)8-3-9-25-14-16-27-17-15-25/h1-2,4-7H,3,8-18H2. The van der Waals surface area contributed by atoms with Crippen LogP contribution in [0.15, 0.2) is 36.4 Å². The Hall–Kier alpha value is -0.950. The van der Waals surface area contributed by atoms with E-state index < -0.39 is 0 Å². The first-order valence-corrected chi connectivity index (χ1v) is 11.6. The van der Waals surface area contributed by atoms with Crippen LogP contribution in [0.5, 0.6) is 0 Å². The minimum Gasteiger partial charge on any atom is -0.379 e. The highest BCUT2D eigenvalue weighted by atomic mass is 35.5. The number of thiophene rings is 1. The van der Waals surface area contributed by atoms with E-state index in [0.717, 1.165) is 56.5 Å². The second kappa shape index (κ2) is 10.2. The zero-order valence-electron chi connectivity index (χ0n) is 16.5. The van der Waals surface area contributed by atoms with Crippen molar-refractivity contribution < 1.29 is 4.74 Å². The number of hydrogen-bond acceptors (Lipinski definition) is 5. The Bertz CT molecular complexity index is 739. The Morgan fingerprint density at radius 2 is 1.50 bits per heavy atom. The molecule has 2 aromatic rings. The zero-order valence-corrected chi connectivity index (χ0v) is 18.1. The molecule has 2 aliphatic heterocycles. The van der Waals surface area contributed by atoms with E-state index in [0.29, 0.717) is 0 Å². The van der Waals surface area contributed by atoms with Crippen LogP contribution >= 0.6 is 22.9 Å². The molecule has 0 saturated carbocycles. The Morgan fingerprint density at radius 1 is 0.821 bits per heavy atom. The van der Waals surface area contributed by atoms with Gasteiger partial charge < -0.3 is 9.64 Å². The number of halogens is 1. The van der Waals surface area contributed by atoms with E-state index in [4.69, 9.17) is 16.3 Å². The summed E-state index contributed by atoms with van der Waals surface area (Å²) in [5, 5.41) is 0.835. The average Bonchev–Trinajstić information content (AvgIpc) is 3.19. The van der Waals surface area contributed by atoms with E-state index in [1.165, 1.54) is 42.4 Å². The molecule has 0 spiro atoms.